The molecule has 6 heteroatoms. The van der Waals surface area contributed by atoms with E-state index in [-0.39, 0.29) is 10.7 Å². The molecule has 0 aliphatic carbocycles. The minimum Gasteiger partial charge on any atom is -0.397 e. The molecule has 0 amide bonds. The van der Waals surface area contributed by atoms with Crippen LogP contribution in [0.15, 0.2) is 24.5 Å². The molecule has 2 aromatic rings. The normalized spacial score (nSPS) is 10.4. The van der Waals surface area contributed by atoms with Crippen molar-refractivity contribution in [2.75, 3.05) is 11.5 Å². The summed E-state index contributed by atoms with van der Waals surface area (Å²) < 4.78 is 0. The lowest BCUT2D eigenvalue weighted by Crippen LogP contribution is -1.98. The number of halogens is 2. The Morgan fingerprint density at radius 3 is 2.25 bits per heavy atom. The third kappa shape index (κ3) is 1.77. The fourth-order valence-electron chi connectivity index (χ4n) is 1.26. The highest BCUT2D eigenvalue weighted by Gasteiger charge is 2.14. The maximum Gasteiger partial charge on any atom is 0.160 e. The third-order valence-corrected chi connectivity index (χ3v) is 2.97. The van der Waals surface area contributed by atoms with E-state index >= 15 is 0 Å². The Bertz CT molecular complexity index is 528. The molecule has 0 unspecified atom stereocenters. The molecule has 0 spiro atoms. The highest BCUT2D eigenvalue weighted by Crippen LogP contribution is 2.39. The third-order valence-electron chi connectivity index (χ3n) is 2.08. The summed E-state index contributed by atoms with van der Waals surface area (Å²) in [7, 11) is 0. The number of nitrogen functional groups attached to an aromatic ring is 2. The van der Waals surface area contributed by atoms with Gasteiger partial charge in [-0.1, -0.05) is 23.2 Å². The van der Waals surface area contributed by atoms with E-state index in [9.17, 15) is 0 Å². The van der Waals surface area contributed by atoms with Gasteiger partial charge in [-0.05, 0) is 12.1 Å². The van der Waals surface area contributed by atoms with Crippen molar-refractivity contribution in [1.82, 2.24) is 9.97 Å². The number of nitrogens with two attached hydrogens (primary N) is 2. The first-order chi connectivity index (χ1) is 7.61. The summed E-state index contributed by atoms with van der Waals surface area (Å²) in [6.45, 7) is 0. The zero-order chi connectivity index (χ0) is 11.7. The van der Waals surface area contributed by atoms with E-state index in [4.69, 9.17) is 34.7 Å². The minimum atomic E-state index is 0.226. The molecular weight excluding hydrogens is 247 g/mol. The summed E-state index contributed by atoms with van der Waals surface area (Å²) in [5.41, 5.74) is 12.5. The van der Waals surface area contributed by atoms with Crippen LogP contribution < -0.4 is 11.5 Å². The molecule has 4 N–H and O–H groups in total. The van der Waals surface area contributed by atoms with Crippen molar-refractivity contribution < 1.29 is 0 Å². The molecule has 0 atom stereocenters. The number of hydrogen-bond donors (Lipinski definition) is 2. The first kappa shape index (κ1) is 11.0. The molecule has 0 aliphatic heterocycles. The van der Waals surface area contributed by atoms with Crippen LogP contribution in [0.1, 0.15) is 0 Å². The molecule has 4 nitrogen and oxygen atoms in total. The molecule has 16 heavy (non-hydrogen) atoms. The van der Waals surface area contributed by atoms with Crippen LogP contribution in [0.3, 0.4) is 0 Å². The lowest BCUT2D eigenvalue weighted by molar-refractivity contribution is 1.18. The second-order valence-electron chi connectivity index (χ2n) is 3.13. The standard InChI is InChI=1S/C10H8Cl2N4/c11-7-5(10-15-2-1-3-16-10)4-6(13)9(14)8(7)12/h1-4H,13-14H2. The van der Waals surface area contributed by atoms with Crippen molar-refractivity contribution in [1.29, 1.82) is 0 Å². The van der Waals surface area contributed by atoms with Crippen molar-refractivity contribution in [2.45, 2.75) is 0 Å². The lowest BCUT2D eigenvalue weighted by Gasteiger charge is -2.09. The second-order valence-corrected chi connectivity index (χ2v) is 3.88. The number of rotatable bonds is 1. The zero-order valence-electron chi connectivity index (χ0n) is 8.11. The van der Waals surface area contributed by atoms with E-state index in [1.165, 1.54) is 0 Å². The van der Waals surface area contributed by atoms with Gasteiger partial charge >= 0.3 is 0 Å². The Balaban J connectivity index is 2.68. The van der Waals surface area contributed by atoms with Gasteiger partial charge < -0.3 is 11.5 Å². The van der Waals surface area contributed by atoms with Crippen LogP contribution in [0.2, 0.25) is 10.0 Å². The van der Waals surface area contributed by atoms with Crippen molar-refractivity contribution in [3.8, 4) is 11.4 Å². The lowest BCUT2D eigenvalue weighted by atomic mass is 10.1. The zero-order valence-corrected chi connectivity index (χ0v) is 9.63. The molecule has 1 aromatic heterocycles. The minimum absolute atomic E-state index is 0.226. The molecule has 1 aromatic carbocycles. The first-order valence-corrected chi connectivity index (χ1v) is 5.17. The highest BCUT2D eigenvalue weighted by molar-refractivity contribution is 6.45. The highest BCUT2D eigenvalue weighted by atomic mass is 35.5. The van der Waals surface area contributed by atoms with Gasteiger partial charge in [-0.2, -0.15) is 0 Å². The summed E-state index contributed by atoms with van der Waals surface area (Å²) in [5, 5.41) is 0.531. The number of hydrogen-bond acceptors (Lipinski definition) is 4. The summed E-state index contributed by atoms with van der Waals surface area (Å²) in [5.74, 6) is 0.459. The predicted octanol–water partition coefficient (Wildman–Crippen LogP) is 2.61. The van der Waals surface area contributed by atoms with Crippen LogP contribution in [0.4, 0.5) is 11.4 Å². The molecule has 0 radical (unpaired) electrons. The molecule has 1 heterocycles. The molecule has 2 rings (SSSR count). The average Bonchev–Trinajstić information content (AvgIpc) is 2.32. The smallest absolute Gasteiger partial charge is 0.160 e. The molecular formula is C10H8Cl2N4. The maximum absolute atomic E-state index is 6.06. The number of benzene rings is 1. The van der Waals surface area contributed by atoms with E-state index in [0.717, 1.165) is 0 Å². The Labute approximate surface area is 102 Å². The van der Waals surface area contributed by atoms with Gasteiger partial charge in [0.2, 0.25) is 0 Å². The SMILES string of the molecule is Nc1cc(-c2ncccn2)c(Cl)c(Cl)c1N. The van der Waals surface area contributed by atoms with Crippen LogP contribution in [0.5, 0.6) is 0 Å². The van der Waals surface area contributed by atoms with Gasteiger partial charge in [0.05, 0.1) is 21.4 Å². The second kappa shape index (κ2) is 4.15. The largest absolute Gasteiger partial charge is 0.397 e. The topological polar surface area (TPSA) is 77.8 Å². The maximum atomic E-state index is 6.06. The number of anilines is 2. The van der Waals surface area contributed by atoms with Gasteiger partial charge in [-0.15, -0.1) is 0 Å². The van der Waals surface area contributed by atoms with Crippen molar-refractivity contribution in [2.24, 2.45) is 0 Å². The summed E-state index contributed by atoms with van der Waals surface area (Å²) >= 11 is 12.0. The fraction of sp³-hybridized carbons (Fsp3) is 0. The average molecular weight is 255 g/mol. The molecule has 82 valence electrons. The predicted molar refractivity (Wildman–Crippen MR) is 66.3 cm³/mol. The van der Waals surface area contributed by atoms with Crippen molar-refractivity contribution >= 4 is 34.6 Å². The van der Waals surface area contributed by atoms with E-state index in [1.807, 2.05) is 0 Å². The van der Waals surface area contributed by atoms with Crippen LogP contribution in [0.25, 0.3) is 11.4 Å². The van der Waals surface area contributed by atoms with E-state index in [2.05, 4.69) is 9.97 Å². The molecule has 0 fully saturated rings. The Morgan fingerprint density at radius 1 is 1.00 bits per heavy atom. The van der Waals surface area contributed by atoms with E-state index in [1.54, 1.807) is 24.5 Å². The van der Waals surface area contributed by atoms with Crippen LogP contribution in [-0.4, -0.2) is 9.97 Å². The summed E-state index contributed by atoms with van der Waals surface area (Å²) in [6, 6.07) is 3.32. The Kier molecular flexibility index (Phi) is 2.85. The van der Waals surface area contributed by atoms with Crippen LogP contribution in [-0.2, 0) is 0 Å². The van der Waals surface area contributed by atoms with Gasteiger partial charge in [-0.25, -0.2) is 9.97 Å². The molecule has 0 bridgehead atoms. The Hall–Kier alpha value is -1.52. The number of nitrogens with zero attached hydrogens (tertiary/aromatic N) is 2. The van der Waals surface area contributed by atoms with E-state index < -0.39 is 0 Å². The van der Waals surface area contributed by atoms with Gasteiger partial charge in [-0.3, -0.25) is 0 Å². The summed E-state index contributed by atoms with van der Waals surface area (Å²) in [6.07, 6.45) is 3.22. The van der Waals surface area contributed by atoms with Gasteiger partial charge in [0.15, 0.2) is 5.82 Å². The van der Waals surface area contributed by atoms with Crippen LogP contribution >= 0.6 is 23.2 Å². The van der Waals surface area contributed by atoms with Gasteiger partial charge in [0.1, 0.15) is 0 Å². The monoisotopic (exact) mass is 254 g/mol. The molecule has 0 aliphatic rings. The number of aromatic nitrogens is 2. The van der Waals surface area contributed by atoms with Crippen molar-refractivity contribution in [3.05, 3.63) is 34.6 Å². The fourth-order valence-corrected chi connectivity index (χ4v) is 1.71. The first-order valence-electron chi connectivity index (χ1n) is 4.41. The van der Waals surface area contributed by atoms with E-state index in [0.29, 0.717) is 22.1 Å². The van der Waals surface area contributed by atoms with Crippen molar-refractivity contribution in [3.63, 3.8) is 0 Å². The van der Waals surface area contributed by atoms with Gasteiger partial charge in [0.25, 0.3) is 0 Å². The Morgan fingerprint density at radius 2 is 1.62 bits per heavy atom. The van der Waals surface area contributed by atoms with Crippen LogP contribution in [0, 0.1) is 0 Å². The summed E-state index contributed by atoms with van der Waals surface area (Å²) in [4.78, 5) is 8.14. The van der Waals surface area contributed by atoms with Gasteiger partial charge in [0, 0.05) is 18.0 Å². The quantitative estimate of drug-likeness (QED) is 0.768. The molecule has 0 saturated carbocycles. The molecule has 0 saturated heterocycles.